The maximum absolute atomic E-state index is 13.3. The summed E-state index contributed by atoms with van der Waals surface area (Å²) in [6, 6.07) is 8.46. The number of hydrogen-bond donors (Lipinski definition) is 0. The van der Waals surface area contributed by atoms with E-state index in [4.69, 9.17) is 4.74 Å². The van der Waals surface area contributed by atoms with Crippen LogP contribution in [0.2, 0.25) is 0 Å². The van der Waals surface area contributed by atoms with Crippen molar-refractivity contribution in [2.75, 3.05) is 38.3 Å². The van der Waals surface area contributed by atoms with Crippen molar-refractivity contribution in [1.29, 1.82) is 0 Å². The van der Waals surface area contributed by atoms with Gasteiger partial charge in [0.1, 0.15) is 11.5 Å². The Kier molecular flexibility index (Phi) is 5.81. The summed E-state index contributed by atoms with van der Waals surface area (Å²) in [5.41, 5.74) is 2.98. The quantitative estimate of drug-likeness (QED) is 0.609. The van der Waals surface area contributed by atoms with Gasteiger partial charge in [-0.25, -0.2) is 4.98 Å². The van der Waals surface area contributed by atoms with Gasteiger partial charge in [-0.2, -0.15) is 0 Å². The number of anilines is 1. The molecule has 0 radical (unpaired) electrons. The third-order valence-electron chi connectivity index (χ3n) is 6.16. The SMILES string of the molecule is CN(Cc1ccc(N2CCOCC2)cc1)C(=O)C1CCCn2c(-c3cnccn3)nnc21. The van der Waals surface area contributed by atoms with E-state index >= 15 is 0 Å². The maximum atomic E-state index is 13.3. The van der Waals surface area contributed by atoms with Crippen molar-refractivity contribution in [2.45, 2.75) is 31.8 Å². The average molecular weight is 434 g/mol. The van der Waals surface area contributed by atoms with E-state index in [1.54, 1.807) is 23.5 Å². The van der Waals surface area contributed by atoms with Crippen LogP contribution in [-0.4, -0.2) is 68.9 Å². The fourth-order valence-corrected chi connectivity index (χ4v) is 4.47. The zero-order valence-electron chi connectivity index (χ0n) is 18.2. The Balaban J connectivity index is 1.28. The number of nitrogens with zero attached hydrogens (tertiary/aromatic N) is 7. The summed E-state index contributed by atoms with van der Waals surface area (Å²) in [6.45, 7) is 4.70. The summed E-state index contributed by atoms with van der Waals surface area (Å²) in [4.78, 5) is 25.9. The van der Waals surface area contributed by atoms with Crippen LogP contribution in [0.1, 0.15) is 30.1 Å². The number of amides is 1. The van der Waals surface area contributed by atoms with E-state index in [1.165, 1.54) is 5.69 Å². The van der Waals surface area contributed by atoms with Crippen molar-refractivity contribution < 1.29 is 9.53 Å². The summed E-state index contributed by atoms with van der Waals surface area (Å²) in [5, 5.41) is 8.69. The van der Waals surface area contributed by atoms with Crippen LogP contribution in [0.4, 0.5) is 5.69 Å². The van der Waals surface area contributed by atoms with Gasteiger partial charge in [-0.05, 0) is 30.5 Å². The number of hydrogen-bond acceptors (Lipinski definition) is 7. The van der Waals surface area contributed by atoms with Crippen LogP contribution >= 0.6 is 0 Å². The zero-order valence-corrected chi connectivity index (χ0v) is 18.2. The number of benzene rings is 1. The van der Waals surface area contributed by atoms with Gasteiger partial charge in [0.25, 0.3) is 0 Å². The van der Waals surface area contributed by atoms with Crippen LogP contribution < -0.4 is 4.90 Å². The molecule has 1 aromatic carbocycles. The maximum Gasteiger partial charge on any atom is 0.233 e. The number of aromatic nitrogens is 5. The molecule has 166 valence electrons. The summed E-state index contributed by atoms with van der Waals surface area (Å²) in [5.74, 6) is 1.17. The molecule has 0 saturated carbocycles. The highest BCUT2D eigenvalue weighted by Gasteiger charge is 2.33. The molecule has 5 rings (SSSR count). The minimum absolute atomic E-state index is 0.0706. The van der Waals surface area contributed by atoms with Gasteiger partial charge in [0.15, 0.2) is 5.82 Å². The van der Waals surface area contributed by atoms with E-state index < -0.39 is 0 Å². The Morgan fingerprint density at radius 2 is 1.94 bits per heavy atom. The number of rotatable bonds is 5. The molecule has 2 aromatic heterocycles. The fraction of sp³-hybridized carbons (Fsp3) is 0.435. The Hall–Kier alpha value is -3.33. The Morgan fingerprint density at radius 3 is 2.69 bits per heavy atom. The number of fused-ring (bicyclic) bond motifs is 1. The standard InChI is InChI=1S/C23H27N7O2/c1-28(16-17-4-6-18(7-5-17)29-11-13-32-14-12-29)23(31)19-3-2-10-30-21(19)26-27-22(30)20-15-24-8-9-25-20/h4-9,15,19H,2-3,10-14,16H2,1H3. The highest BCUT2D eigenvalue weighted by Crippen LogP contribution is 2.31. The second-order valence-corrected chi connectivity index (χ2v) is 8.28. The third-order valence-corrected chi connectivity index (χ3v) is 6.16. The second kappa shape index (κ2) is 9.04. The smallest absolute Gasteiger partial charge is 0.233 e. The molecule has 9 nitrogen and oxygen atoms in total. The molecule has 32 heavy (non-hydrogen) atoms. The van der Waals surface area contributed by atoms with Crippen molar-refractivity contribution in [1.82, 2.24) is 29.6 Å². The predicted octanol–water partition coefficient (Wildman–Crippen LogP) is 2.11. The van der Waals surface area contributed by atoms with E-state index in [2.05, 4.69) is 49.3 Å². The highest BCUT2D eigenvalue weighted by atomic mass is 16.5. The van der Waals surface area contributed by atoms with Crippen molar-refractivity contribution in [2.24, 2.45) is 0 Å². The highest BCUT2D eigenvalue weighted by molar-refractivity contribution is 5.83. The van der Waals surface area contributed by atoms with Crippen LogP contribution in [0.3, 0.4) is 0 Å². The molecule has 1 atom stereocenters. The van der Waals surface area contributed by atoms with Gasteiger partial charge in [0.05, 0.1) is 25.3 Å². The zero-order chi connectivity index (χ0) is 21.9. The van der Waals surface area contributed by atoms with Crippen LogP contribution in [0.15, 0.2) is 42.9 Å². The first-order chi connectivity index (χ1) is 15.7. The Labute approximate surface area is 187 Å². The van der Waals surface area contributed by atoms with E-state index in [1.807, 2.05) is 11.6 Å². The van der Waals surface area contributed by atoms with Gasteiger partial charge in [-0.15, -0.1) is 10.2 Å². The van der Waals surface area contributed by atoms with Gasteiger partial charge >= 0.3 is 0 Å². The fourth-order valence-electron chi connectivity index (χ4n) is 4.47. The number of carbonyl (C=O) groups is 1. The molecule has 4 heterocycles. The molecular weight excluding hydrogens is 406 g/mol. The van der Waals surface area contributed by atoms with E-state index in [0.717, 1.165) is 57.1 Å². The van der Waals surface area contributed by atoms with Gasteiger partial charge < -0.3 is 19.1 Å². The first-order valence-corrected chi connectivity index (χ1v) is 11.1. The molecule has 1 unspecified atom stereocenters. The van der Waals surface area contributed by atoms with Crippen molar-refractivity contribution >= 4 is 11.6 Å². The largest absolute Gasteiger partial charge is 0.378 e. The molecule has 0 N–H and O–H groups in total. The van der Waals surface area contributed by atoms with Crippen molar-refractivity contribution in [3.8, 4) is 11.5 Å². The Bertz CT molecular complexity index is 1060. The monoisotopic (exact) mass is 433 g/mol. The number of carbonyl (C=O) groups excluding carboxylic acids is 1. The summed E-state index contributed by atoms with van der Waals surface area (Å²) < 4.78 is 7.44. The molecule has 2 aliphatic heterocycles. The van der Waals surface area contributed by atoms with Crippen LogP contribution in [0.5, 0.6) is 0 Å². The summed E-state index contributed by atoms with van der Waals surface area (Å²) in [7, 11) is 1.86. The molecule has 1 saturated heterocycles. The average Bonchev–Trinajstić information content (AvgIpc) is 3.29. The number of ether oxygens (including phenoxy) is 1. The van der Waals surface area contributed by atoms with E-state index in [0.29, 0.717) is 18.1 Å². The molecule has 0 bridgehead atoms. The minimum Gasteiger partial charge on any atom is -0.378 e. The lowest BCUT2D eigenvalue weighted by Crippen LogP contribution is -2.36. The lowest BCUT2D eigenvalue weighted by atomic mass is 9.97. The summed E-state index contributed by atoms with van der Waals surface area (Å²) >= 11 is 0. The van der Waals surface area contributed by atoms with Gasteiger partial charge in [-0.1, -0.05) is 12.1 Å². The predicted molar refractivity (Wildman–Crippen MR) is 119 cm³/mol. The van der Waals surface area contributed by atoms with Crippen LogP contribution in [0, 0.1) is 0 Å². The van der Waals surface area contributed by atoms with Gasteiger partial charge in [-0.3, -0.25) is 9.78 Å². The second-order valence-electron chi connectivity index (χ2n) is 8.28. The lowest BCUT2D eigenvalue weighted by Gasteiger charge is -2.29. The minimum atomic E-state index is -0.292. The normalized spacial score (nSPS) is 18.3. The molecule has 1 amide bonds. The molecule has 2 aliphatic rings. The van der Waals surface area contributed by atoms with Crippen molar-refractivity contribution in [3.05, 3.63) is 54.2 Å². The van der Waals surface area contributed by atoms with Crippen molar-refractivity contribution in [3.63, 3.8) is 0 Å². The first-order valence-electron chi connectivity index (χ1n) is 11.1. The topological polar surface area (TPSA) is 89.3 Å². The van der Waals surface area contributed by atoms with Gasteiger partial charge in [0.2, 0.25) is 5.91 Å². The first kappa shape index (κ1) is 20.6. The third kappa shape index (κ3) is 4.08. The number of likely N-dealkylation sites (N-methyl/N-ethyl adjacent to an activating group) is 1. The molecule has 3 aromatic rings. The van der Waals surface area contributed by atoms with Gasteiger partial charge in [0, 0.05) is 51.3 Å². The molecule has 9 heteroatoms. The summed E-state index contributed by atoms with van der Waals surface area (Å²) in [6.07, 6.45) is 6.62. The van der Waals surface area contributed by atoms with Crippen LogP contribution in [0.25, 0.3) is 11.5 Å². The van der Waals surface area contributed by atoms with E-state index in [-0.39, 0.29) is 11.8 Å². The van der Waals surface area contributed by atoms with E-state index in [9.17, 15) is 4.79 Å². The number of morpholine rings is 1. The molecule has 0 spiro atoms. The molecule has 0 aliphatic carbocycles. The Morgan fingerprint density at radius 1 is 1.12 bits per heavy atom. The molecule has 1 fully saturated rings. The lowest BCUT2D eigenvalue weighted by molar-refractivity contribution is -0.132. The molecular formula is C23H27N7O2. The van der Waals surface area contributed by atoms with Crippen LogP contribution in [-0.2, 0) is 22.6 Å².